The first-order valence-corrected chi connectivity index (χ1v) is 10.7. The van der Waals surface area contributed by atoms with Crippen LogP contribution in [-0.4, -0.2) is 74.7 Å². The smallest absolute Gasteiger partial charge is 0.326 e. The molecule has 11 N–H and O–H groups in total. The Morgan fingerprint density at radius 3 is 1.94 bits per heavy atom. The van der Waals surface area contributed by atoms with Gasteiger partial charge in [0.05, 0.1) is 25.2 Å². The largest absolute Gasteiger partial charge is 0.480 e. The van der Waals surface area contributed by atoms with Gasteiger partial charge in [-0.2, -0.15) is 0 Å². The van der Waals surface area contributed by atoms with Crippen LogP contribution in [0.25, 0.3) is 0 Å². The Bertz CT molecular complexity index is 919. The molecule has 0 aliphatic rings. The van der Waals surface area contributed by atoms with Gasteiger partial charge in [-0.15, -0.1) is 0 Å². The number of nitrogens with one attached hydrogen (secondary N) is 4. The van der Waals surface area contributed by atoms with Gasteiger partial charge in [0.2, 0.25) is 29.5 Å². The number of imidazole rings is 1. The summed E-state index contributed by atoms with van der Waals surface area (Å²) < 4.78 is 0. The molecule has 4 unspecified atom stereocenters. The van der Waals surface area contributed by atoms with Crippen LogP contribution in [0.4, 0.5) is 0 Å². The number of hydrogen-bond acceptors (Lipinski definition) is 8. The SMILES string of the molecule is CC(C)CC(NC(=O)C(CC(N)=O)NC(=O)C(Cc1cnc[nH]1)NC(=O)C(N)CC(N)=O)C(=O)O. The van der Waals surface area contributed by atoms with E-state index in [0.717, 1.165) is 0 Å². The van der Waals surface area contributed by atoms with Gasteiger partial charge in [-0.25, -0.2) is 9.78 Å². The first-order valence-electron chi connectivity index (χ1n) is 10.7. The van der Waals surface area contributed by atoms with Crippen LogP contribution in [0.15, 0.2) is 12.5 Å². The molecule has 0 spiro atoms. The lowest BCUT2D eigenvalue weighted by molar-refractivity contribution is -0.143. The summed E-state index contributed by atoms with van der Waals surface area (Å²) in [5, 5.41) is 16.3. The summed E-state index contributed by atoms with van der Waals surface area (Å²) in [5.74, 6) is -5.81. The van der Waals surface area contributed by atoms with Crippen LogP contribution in [-0.2, 0) is 35.2 Å². The highest BCUT2D eigenvalue weighted by molar-refractivity contribution is 5.96. The number of carboxylic acid groups (broad SMARTS) is 1. The number of nitrogens with zero attached hydrogens (tertiary/aromatic N) is 1. The fraction of sp³-hybridized carbons (Fsp3) is 0.550. The Labute approximate surface area is 200 Å². The van der Waals surface area contributed by atoms with E-state index in [0.29, 0.717) is 5.69 Å². The van der Waals surface area contributed by atoms with Crippen molar-refractivity contribution in [2.24, 2.45) is 23.1 Å². The van der Waals surface area contributed by atoms with Gasteiger partial charge in [0, 0.05) is 18.3 Å². The standard InChI is InChI=1S/C20H32N8O7/c1-9(2)3-14(20(34)35)28-19(33)13(6-16(23)30)27-18(32)12(4-10-7-24-8-25-10)26-17(31)11(21)5-15(22)29/h7-9,11-14H,3-6,21H2,1-2H3,(H2,22,29)(H2,23,30)(H,24,25)(H,26,31)(H,27,32)(H,28,33)(H,34,35). The molecule has 5 amide bonds. The number of carbonyl (C=O) groups excluding carboxylic acids is 5. The molecule has 0 bridgehead atoms. The van der Waals surface area contributed by atoms with E-state index in [1.807, 2.05) is 0 Å². The second-order valence-corrected chi connectivity index (χ2v) is 8.38. The van der Waals surface area contributed by atoms with Gasteiger partial charge in [0.25, 0.3) is 0 Å². The number of rotatable bonds is 15. The van der Waals surface area contributed by atoms with Crippen molar-refractivity contribution < 1.29 is 33.9 Å². The lowest BCUT2D eigenvalue weighted by Crippen LogP contribution is -2.58. The highest BCUT2D eigenvalue weighted by atomic mass is 16.4. The second-order valence-electron chi connectivity index (χ2n) is 8.38. The number of carbonyl (C=O) groups is 6. The van der Waals surface area contributed by atoms with Crippen LogP contribution in [0.1, 0.15) is 38.8 Å². The van der Waals surface area contributed by atoms with Crippen molar-refractivity contribution in [3.8, 4) is 0 Å². The van der Waals surface area contributed by atoms with Gasteiger partial charge in [-0.1, -0.05) is 13.8 Å². The summed E-state index contributed by atoms with van der Waals surface area (Å²) in [7, 11) is 0. The minimum atomic E-state index is -1.52. The molecule has 1 heterocycles. The zero-order valence-corrected chi connectivity index (χ0v) is 19.4. The zero-order chi connectivity index (χ0) is 26.7. The Balaban J connectivity index is 3.07. The van der Waals surface area contributed by atoms with Gasteiger partial charge < -0.3 is 43.2 Å². The van der Waals surface area contributed by atoms with Crippen LogP contribution in [0.2, 0.25) is 0 Å². The number of aliphatic carboxylic acids is 1. The van der Waals surface area contributed by atoms with Crippen LogP contribution in [0, 0.1) is 5.92 Å². The Morgan fingerprint density at radius 2 is 1.46 bits per heavy atom. The van der Waals surface area contributed by atoms with Crippen molar-refractivity contribution in [3.63, 3.8) is 0 Å². The average Bonchev–Trinajstić information content (AvgIpc) is 3.24. The van der Waals surface area contributed by atoms with Crippen molar-refractivity contribution in [1.82, 2.24) is 25.9 Å². The van der Waals surface area contributed by atoms with Gasteiger partial charge in [-0.3, -0.25) is 24.0 Å². The molecule has 0 aliphatic carbocycles. The number of amides is 5. The predicted molar refractivity (Wildman–Crippen MR) is 121 cm³/mol. The second kappa shape index (κ2) is 13.6. The van der Waals surface area contributed by atoms with E-state index >= 15 is 0 Å². The van der Waals surface area contributed by atoms with Crippen molar-refractivity contribution in [2.75, 3.05) is 0 Å². The molecule has 0 saturated carbocycles. The quantitative estimate of drug-likeness (QED) is 0.120. The molecular weight excluding hydrogens is 464 g/mol. The van der Waals surface area contributed by atoms with Gasteiger partial charge >= 0.3 is 5.97 Å². The molecule has 194 valence electrons. The van der Waals surface area contributed by atoms with E-state index in [9.17, 15) is 33.9 Å². The topological polar surface area (TPSA) is 265 Å². The Hall–Kier alpha value is -4.01. The highest BCUT2D eigenvalue weighted by Gasteiger charge is 2.32. The summed E-state index contributed by atoms with van der Waals surface area (Å²) in [6.45, 7) is 3.52. The summed E-state index contributed by atoms with van der Waals surface area (Å²) >= 11 is 0. The molecule has 0 aliphatic heterocycles. The molecule has 15 heteroatoms. The number of hydrogen-bond donors (Lipinski definition) is 8. The predicted octanol–water partition coefficient (Wildman–Crippen LogP) is -3.38. The van der Waals surface area contributed by atoms with Crippen LogP contribution < -0.4 is 33.2 Å². The first kappa shape index (κ1) is 29.0. The van der Waals surface area contributed by atoms with Crippen molar-refractivity contribution in [3.05, 3.63) is 18.2 Å². The molecule has 1 aromatic rings. The number of carboxylic acids is 1. The van der Waals surface area contributed by atoms with E-state index in [2.05, 4.69) is 25.9 Å². The van der Waals surface area contributed by atoms with Crippen molar-refractivity contribution >= 4 is 35.5 Å². The number of primary amides is 2. The summed E-state index contributed by atoms with van der Waals surface area (Å²) in [4.78, 5) is 78.8. The van der Waals surface area contributed by atoms with E-state index in [-0.39, 0.29) is 18.8 Å². The van der Waals surface area contributed by atoms with E-state index in [1.165, 1.54) is 12.5 Å². The molecule has 35 heavy (non-hydrogen) atoms. The van der Waals surface area contributed by atoms with Crippen molar-refractivity contribution in [1.29, 1.82) is 0 Å². The molecule has 0 fully saturated rings. The van der Waals surface area contributed by atoms with Crippen molar-refractivity contribution in [2.45, 2.75) is 63.7 Å². The Morgan fingerprint density at radius 1 is 0.914 bits per heavy atom. The first-order chi connectivity index (χ1) is 16.3. The summed E-state index contributed by atoms with van der Waals surface area (Å²) in [5.41, 5.74) is 16.3. The number of nitrogens with two attached hydrogens (primary N) is 3. The normalized spacial score (nSPS) is 14.3. The summed E-state index contributed by atoms with van der Waals surface area (Å²) in [6, 6.07) is -5.42. The number of aromatic nitrogens is 2. The number of H-pyrrole nitrogens is 1. The molecule has 0 radical (unpaired) electrons. The lowest BCUT2D eigenvalue weighted by Gasteiger charge is -2.25. The van der Waals surface area contributed by atoms with Gasteiger partial charge in [-0.05, 0) is 12.3 Å². The third-order valence-corrected chi connectivity index (χ3v) is 4.73. The minimum absolute atomic E-state index is 0.0702. The maximum Gasteiger partial charge on any atom is 0.326 e. The van der Waals surface area contributed by atoms with E-state index in [1.54, 1.807) is 13.8 Å². The van der Waals surface area contributed by atoms with Crippen LogP contribution >= 0.6 is 0 Å². The van der Waals surface area contributed by atoms with Gasteiger partial charge in [0.15, 0.2) is 0 Å². The monoisotopic (exact) mass is 496 g/mol. The van der Waals surface area contributed by atoms with E-state index in [4.69, 9.17) is 17.2 Å². The molecule has 0 saturated heterocycles. The fourth-order valence-electron chi connectivity index (χ4n) is 3.06. The third kappa shape index (κ3) is 10.6. The molecular formula is C20H32N8O7. The third-order valence-electron chi connectivity index (χ3n) is 4.73. The lowest BCUT2D eigenvalue weighted by atomic mass is 10.0. The summed E-state index contributed by atoms with van der Waals surface area (Å²) in [6.07, 6.45) is 1.63. The maximum atomic E-state index is 13.0. The molecule has 4 atom stereocenters. The fourth-order valence-corrected chi connectivity index (χ4v) is 3.06. The molecule has 0 aromatic carbocycles. The van der Waals surface area contributed by atoms with E-state index < -0.39 is 72.5 Å². The molecule has 1 rings (SSSR count). The van der Waals surface area contributed by atoms with Crippen LogP contribution in [0.3, 0.4) is 0 Å². The highest BCUT2D eigenvalue weighted by Crippen LogP contribution is 2.07. The Kier molecular flexibility index (Phi) is 11.3. The number of aromatic amines is 1. The van der Waals surface area contributed by atoms with Crippen LogP contribution in [0.5, 0.6) is 0 Å². The zero-order valence-electron chi connectivity index (χ0n) is 19.4. The minimum Gasteiger partial charge on any atom is -0.480 e. The maximum absolute atomic E-state index is 13.0. The van der Waals surface area contributed by atoms with Gasteiger partial charge in [0.1, 0.15) is 18.1 Å². The average molecular weight is 497 g/mol. The molecule has 15 nitrogen and oxygen atoms in total. The molecule has 1 aromatic heterocycles.